The van der Waals surface area contributed by atoms with E-state index < -0.39 is 10.2 Å². The van der Waals surface area contributed by atoms with Gasteiger partial charge in [-0.25, -0.2) is 0 Å². The molecule has 178 valence electrons. The summed E-state index contributed by atoms with van der Waals surface area (Å²) < 4.78 is 29.6. The van der Waals surface area contributed by atoms with Gasteiger partial charge in [-0.2, -0.15) is 12.7 Å². The van der Waals surface area contributed by atoms with E-state index in [0.29, 0.717) is 55.9 Å². The lowest BCUT2D eigenvalue weighted by Crippen LogP contribution is -2.48. The van der Waals surface area contributed by atoms with Gasteiger partial charge in [0, 0.05) is 50.2 Å². The van der Waals surface area contributed by atoms with Crippen molar-refractivity contribution in [3.63, 3.8) is 0 Å². The van der Waals surface area contributed by atoms with E-state index in [1.54, 1.807) is 6.07 Å². The third kappa shape index (κ3) is 5.58. The van der Waals surface area contributed by atoms with Crippen LogP contribution in [0.25, 0.3) is 11.1 Å². The number of nitrogens with zero attached hydrogens (tertiary/aromatic N) is 1. The third-order valence-electron chi connectivity index (χ3n) is 7.21. The molecule has 3 aliphatic rings. The van der Waals surface area contributed by atoms with Gasteiger partial charge in [-0.05, 0) is 60.9 Å². The van der Waals surface area contributed by atoms with Gasteiger partial charge in [0.2, 0.25) is 0 Å². The van der Waals surface area contributed by atoms with E-state index in [1.165, 1.54) is 29.1 Å². The van der Waals surface area contributed by atoms with Crippen LogP contribution in [0.5, 0.6) is 0 Å². The first-order valence-corrected chi connectivity index (χ1v) is 13.6. The highest BCUT2D eigenvalue weighted by molar-refractivity contribution is 7.90. The van der Waals surface area contributed by atoms with Gasteiger partial charge < -0.3 is 16.4 Å². The lowest BCUT2D eigenvalue weighted by molar-refractivity contribution is 0.339. The van der Waals surface area contributed by atoms with Crippen LogP contribution in [0.1, 0.15) is 43.6 Å². The first-order chi connectivity index (χ1) is 16.0. The summed E-state index contributed by atoms with van der Waals surface area (Å²) in [6.45, 7) is 2.34. The highest BCUT2D eigenvalue weighted by Crippen LogP contribution is 2.42. The van der Waals surface area contributed by atoms with Crippen molar-refractivity contribution in [3.8, 4) is 11.1 Å². The van der Waals surface area contributed by atoms with Crippen molar-refractivity contribution >= 4 is 15.9 Å². The van der Waals surface area contributed by atoms with E-state index >= 15 is 0 Å². The fourth-order valence-electron chi connectivity index (χ4n) is 5.12. The second-order valence-corrected chi connectivity index (χ2v) is 11.4. The zero-order valence-electron chi connectivity index (χ0n) is 19.0. The summed E-state index contributed by atoms with van der Waals surface area (Å²) in [6, 6.07) is 17.9. The molecule has 2 aromatic carbocycles. The van der Waals surface area contributed by atoms with Crippen molar-refractivity contribution in [3.05, 3.63) is 54.1 Å². The quantitative estimate of drug-likeness (QED) is 0.500. The molecule has 5 N–H and O–H groups in total. The van der Waals surface area contributed by atoms with Gasteiger partial charge >= 0.3 is 10.2 Å². The lowest BCUT2D eigenvalue weighted by Gasteiger charge is -2.27. The van der Waals surface area contributed by atoms with Gasteiger partial charge in [0.05, 0.1) is 5.69 Å². The Morgan fingerprint density at radius 1 is 0.939 bits per heavy atom. The first kappa shape index (κ1) is 22.8. The predicted molar refractivity (Wildman–Crippen MR) is 133 cm³/mol. The Hall–Kier alpha value is -1.97. The molecule has 0 spiro atoms. The summed E-state index contributed by atoms with van der Waals surface area (Å²) in [4.78, 5) is 0. The minimum absolute atomic E-state index is 0.390. The van der Waals surface area contributed by atoms with Crippen molar-refractivity contribution in [1.82, 2.24) is 14.9 Å². The monoisotopic (exact) mass is 469 g/mol. The van der Waals surface area contributed by atoms with Gasteiger partial charge in [0.1, 0.15) is 0 Å². The number of hydrogen-bond acceptors (Lipinski definition) is 5. The van der Waals surface area contributed by atoms with Gasteiger partial charge in [-0.3, -0.25) is 4.72 Å². The summed E-state index contributed by atoms with van der Waals surface area (Å²) in [6.07, 6.45) is 5.85. The van der Waals surface area contributed by atoms with E-state index in [0.717, 1.165) is 24.0 Å². The van der Waals surface area contributed by atoms with Gasteiger partial charge in [0.15, 0.2) is 0 Å². The van der Waals surface area contributed by atoms with Crippen LogP contribution < -0.4 is 21.1 Å². The molecule has 2 aromatic rings. The van der Waals surface area contributed by atoms with E-state index in [-0.39, 0.29) is 0 Å². The van der Waals surface area contributed by atoms with Gasteiger partial charge in [-0.15, -0.1) is 0 Å². The average molecular weight is 470 g/mol. The van der Waals surface area contributed by atoms with Crippen molar-refractivity contribution in [2.24, 2.45) is 5.73 Å². The van der Waals surface area contributed by atoms with Crippen LogP contribution in [0.15, 0.2) is 48.5 Å². The van der Waals surface area contributed by atoms with Crippen LogP contribution in [-0.2, 0) is 10.2 Å². The number of anilines is 1. The minimum atomic E-state index is -3.54. The number of nitrogens with one attached hydrogen (secondary N) is 3. The zero-order chi connectivity index (χ0) is 22.8. The molecule has 1 saturated heterocycles. The second-order valence-electron chi connectivity index (χ2n) is 9.69. The number of hydrogen-bond donors (Lipinski definition) is 4. The molecule has 0 amide bonds. The Morgan fingerprint density at radius 3 is 2.39 bits per heavy atom. The van der Waals surface area contributed by atoms with Crippen molar-refractivity contribution in [2.45, 2.75) is 56.1 Å². The van der Waals surface area contributed by atoms with Crippen LogP contribution in [0.2, 0.25) is 0 Å². The van der Waals surface area contributed by atoms with Crippen LogP contribution in [-0.4, -0.2) is 57.0 Å². The predicted octanol–water partition coefficient (Wildman–Crippen LogP) is 2.63. The SMILES string of the molecule is NC1CCC(NC2CC2c2ccc(-c3cccc(NS(=O)(=O)N4CCNCC4)c3)cc2)CC1. The van der Waals surface area contributed by atoms with Crippen molar-refractivity contribution in [1.29, 1.82) is 0 Å². The molecule has 0 aromatic heterocycles. The van der Waals surface area contributed by atoms with E-state index in [9.17, 15) is 8.42 Å². The third-order valence-corrected chi connectivity index (χ3v) is 8.75. The molecule has 1 heterocycles. The molecule has 2 saturated carbocycles. The molecule has 1 aliphatic heterocycles. The molecular weight excluding hydrogens is 434 g/mol. The van der Waals surface area contributed by atoms with Crippen molar-refractivity contribution in [2.75, 3.05) is 30.9 Å². The van der Waals surface area contributed by atoms with E-state index in [2.05, 4.69) is 39.6 Å². The Balaban J connectivity index is 1.20. The largest absolute Gasteiger partial charge is 0.328 e. The maximum Gasteiger partial charge on any atom is 0.301 e. The fraction of sp³-hybridized carbons (Fsp3) is 0.520. The molecule has 8 heteroatoms. The molecule has 33 heavy (non-hydrogen) atoms. The molecular formula is C25H35N5O2S. The molecule has 2 unspecified atom stereocenters. The normalized spacial score (nSPS) is 28.4. The van der Waals surface area contributed by atoms with Crippen molar-refractivity contribution < 1.29 is 8.42 Å². The van der Waals surface area contributed by atoms with Crippen LogP contribution in [0.3, 0.4) is 0 Å². The van der Waals surface area contributed by atoms with Crippen LogP contribution in [0, 0.1) is 0 Å². The Kier molecular flexibility index (Phi) is 6.72. The summed E-state index contributed by atoms with van der Waals surface area (Å²) in [5.41, 5.74) is 10.1. The molecule has 7 nitrogen and oxygen atoms in total. The molecule has 5 rings (SSSR count). The number of rotatable bonds is 7. The number of nitrogens with two attached hydrogens (primary N) is 1. The lowest BCUT2D eigenvalue weighted by atomic mass is 9.92. The van der Waals surface area contributed by atoms with Gasteiger partial charge in [0.25, 0.3) is 0 Å². The topological polar surface area (TPSA) is 99.5 Å². The summed E-state index contributed by atoms with van der Waals surface area (Å²) >= 11 is 0. The summed E-state index contributed by atoms with van der Waals surface area (Å²) in [7, 11) is -3.54. The molecule has 2 atom stereocenters. The Bertz CT molecular complexity index is 1040. The fourth-order valence-corrected chi connectivity index (χ4v) is 6.34. The number of benzene rings is 2. The molecule has 2 aliphatic carbocycles. The van der Waals surface area contributed by atoms with Crippen LogP contribution in [0.4, 0.5) is 5.69 Å². The summed E-state index contributed by atoms with van der Waals surface area (Å²) in [5.74, 6) is 0.590. The minimum Gasteiger partial charge on any atom is -0.328 e. The summed E-state index contributed by atoms with van der Waals surface area (Å²) in [5, 5.41) is 7.02. The maximum absolute atomic E-state index is 12.7. The molecule has 0 bridgehead atoms. The highest BCUT2D eigenvalue weighted by Gasteiger charge is 2.39. The number of piperazine rings is 1. The Morgan fingerprint density at radius 2 is 1.67 bits per heavy atom. The zero-order valence-corrected chi connectivity index (χ0v) is 19.9. The standard InChI is InChI=1S/C25H35N5O2S/c26-21-8-10-22(11-9-21)28-25-17-24(25)19-6-4-18(5-7-19)20-2-1-3-23(16-20)29-33(31,32)30-14-12-27-13-15-30/h1-7,16,21-22,24-25,27-29H,8-15,17,26H2. The smallest absolute Gasteiger partial charge is 0.301 e. The van der Waals surface area contributed by atoms with E-state index in [1.807, 2.05) is 18.2 Å². The van der Waals surface area contributed by atoms with Gasteiger partial charge in [-0.1, -0.05) is 36.4 Å². The maximum atomic E-state index is 12.7. The second kappa shape index (κ2) is 9.72. The first-order valence-electron chi connectivity index (χ1n) is 12.2. The highest BCUT2D eigenvalue weighted by atomic mass is 32.2. The molecule has 0 radical (unpaired) electrons. The molecule has 3 fully saturated rings. The average Bonchev–Trinajstić information content (AvgIpc) is 3.60. The van der Waals surface area contributed by atoms with Crippen LogP contribution >= 0.6 is 0 Å². The van der Waals surface area contributed by atoms with E-state index in [4.69, 9.17) is 5.73 Å². The Labute approximate surface area is 197 Å².